The van der Waals surface area contributed by atoms with Crippen molar-refractivity contribution in [3.05, 3.63) is 35.9 Å². The second kappa shape index (κ2) is 5.12. The van der Waals surface area contributed by atoms with Crippen LogP contribution in [-0.2, 0) is 16.1 Å². The Hall–Kier alpha value is -1.35. The molecule has 0 unspecified atom stereocenters. The Morgan fingerprint density at radius 1 is 1.38 bits per heavy atom. The highest BCUT2D eigenvalue weighted by molar-refractivity contribution is 5.78. The number of benzene rings is 1. The number of hydrogen-bond acceptors (Lipinski definition) is 2. The van der Waals surface area contributed by atoms with Crippen LogP contribution < -0.4 is 0 Å². The van der Waals surface area contributed by atoms with E-state index in [1.165, 1.54) is 5.56 Å². The maximum absolute atomic E-state index is 11.8. The number of rotatable bonds is 5. The lowest BCUT2D eigenvalue weighted by Crippen LogP contribution is -2.35. The van der Waals surface area contributed by atoms with Gasteiger partial charge >= 0.3 is 0 Å². The molecule has 1 aliphatic carbocycles. The molecular formula is C13H17NO2. The average Bonchev–Trinajstić information content (AvgIpc) is 3.11. The number of carbonyl (C=O) groups is 1. The van der Waals surface area contributed by atoms with Gasteiger partial charge in [-0.05, 0) is 18.4 Å². The molecule has 1 aromatic rings. The van der Waals surface area contributed by atoms with Crippen LogP contribution in [0.25, 0.3) is 0 Å². The maximum atomic E-state index is 11.8. The molecule has 0 saturated heterocycles. The number of hydrogen-bond donors (Lipinski definition) is 0. The van der Waals surface area contributed by atoms with E-state index in [4.69, 9.17) is 4.74 Å². The molecule has 0 heterocycles. The van der Waals surface area contributed by atoms with Crippen molar-refractivity contribution in [2.45, 2.75) is 25.4 Å². The van der Waals surface area contributed by atoms with Gasteiger partial charge in [0.15, 0.2) is 0 Å². The fourth-order valence-electron chi connectivity index (χ4n) is 1.79. The molecule has 0 radical (unpaired) electrons. The van der Waals surface area contributed by atoms with Crippen molar-refractivity contribution >= 4 is 5.91 Å². The van der Waals surface area contributed by atoms with Crippen LogP contribution in [0.1, 0.15) is 18.4 Å². The third-order valence-electron chi connectivity index (χ3n) is 2.77. The molecule has 2 rings (SSSR count). The summed E-state index contributed by atoms with van der Waals surface area (Å²) in [6, 6.07) is 10.5. The van der Waals surface area contributed by atoms with Gasteiger partial charge in [-0.15, -0.1) is 0 Å². The first kappa shape index (κ1) is 11.1. The zero-order valence-corrected chi connectivity index (χ0v) is 9.56. The highest BCUT2D eigenvalue weighted by atomic mass is 16.5. The molecule has 0 bridgehead atoms. The van der Waals surface area contributed by atoms with Crippen LogP contribution in [0.15, 0.2) is 30.3 Å². The second-order valence-corrected chi connectivity index (χ2v) is 4.17. The van der Waals surface area contributed by atoms with E-state index < -0.39 is 0 Å². The van der Waals surface area contributed by atoms with Crippen molar-refractivity contribution in [1.82, 2.24) is 4.90 Å². The highest BCUT2D eigenvalue weighted by Crippen LogP contribution is 2.28. The smallest absolute Gasteiger partial charge is 0.249 e. The Labute approximate surface area is 96.0 Å². The normalized spacial score (nSPS) is 14.8. The van der Waals surface area contributed by atoms with Gasteiger partial charge in [-0.2, -0.15) is 0 Å². The van der Waals surface area contributed by atoms with Crippen LogP contribution in [0.4, 0.5) is 0 Å². The molecule has 3 nitrogen and oxygen atoms in total. The van der Waals surface area contributed by atoms with Crippen LogP contribution in [0.3, 0.4) is 0 Å². The Bertz CT molecular complexity index is 346. The van der Waals surface area contributed by atoms with Crippen LogP contribution in [0.5, 0.6) is 0 Å². The Kier molecular flexibility index (Phi) is 3.57. The quantitative estimate of drug-likeness (QED) is 0.756. The fourth-order valence-corrected chi connectivity index (χ4v) is 1.79. The van der Waals surface area contributed by atoms with E-state index in [1.807, 2.05) is 23.1 Å². The van der Waals surface area contributed by atoms with Gasteiger partial charge in [-0.3, -0.25) is 4.79 Å². The zero-order valence-electron chi connectivity index (χ0n) is 9.56. The first-order chi connectivity index (χ1) is 7.81. The van der Waals surface area contributed by atoms with Crippen molar-refractivity contribution in [2.24, 2.45) is 0 Å². The topological polar surface area (TPSA) is 29.5 Å². The number of methoxy groups -OCH3 is 1. The van der Waals surface area contributed by atoms with Crippen LogP contribution >= 0.6 is 0 Å². The third kappa shape index (κ3) is 2.83. The first-order valence-electron chi connectivity index (χ1n) is 5.63. The SMILES string of the molecule is COCC(=O)N(Cc1ccccc1)C1CC1. The lowest BCUT2D eigenvalue weighted by Gasteiger charge is -2.22. The molecular weight excluding hydrogens is 202 g/mol. The molecule has 0 spiro atoms. The van der Waals surface area contributed by atoms with E-state index >= 15 is 0 Å². The zero-order chi connectivity index (χ0) is 11.4. The van der Waals surface area contributed by atoms with E-state index in [2.05, 4.69) is 12.1 Å². The highest BCUT2D eigenvalue weighted by Gasteiger charge is 2.32. The molecule has 1 aromatic carbocycles. The van der Waals surface area contributed by atoms with Gasteiger partial charge in [-0.1, -0.05) is 30.3 Å². The number of carbonyl (C=O) groups excluding carboxylic acids is 1. The molecule has 16 heavy (non-hydrogen) atoms. The van der Waals surface area contributed by atoms with Gasteiger partial charge in [0.1, 0.15) is 6.61 Å². The summed E-state index contributed by atoms with van der Waals surface area (Å²) in [4.78, 5) is 13.8. The van der Waals surface area contributed by atoms with E-state index in [0.717, 1.165) is 12.8 Å². The summed E-state index contributed by atoms with van der Waals surface area (Å²) in [5.41, 5.74) is 1.18. The summed E-state index contributed by atoms with van der Waals surface area (Å²) in [6.07, 6.45) is 2.25. The number of amides is 1. The van der Waals surface area contributed by atoms with Crippen LogP contribution in [-0.4, -0.2) is 30.6 Å². The summed E-state index contributed by atoms with van der Waals surface area (Å²) in [5, 5.41) is 0. The Balaban J connectivity index is 2.00. The van der Waals surface area contributed by atoms with E-state index in [9.17, 15) is 4.79 Å². The minimum absolute atomic E-state index is 0.0915. The number of nitrogens with zero attached hydrogens (tertiary/aromatic N) is 1. The first-order valence-corrected chi connectivity index (χ1v) is 5.63. The monoisotopic (exact) mass is 219 g/mol. The lowest BCUT2D eigenvalue weighted by molar-refractivity contribution is -0.136. The molecule has 0 aromatic heterocycles. The molecule has 1 amide bonds. The predicted molar refractivity (Wildman–Crippen MR) is 61.9 cm³/mol. The van der Waals surface area contributed by atoms with Crippen molar-refractivity contribution in [1.29, 1.82) is 0 Å². The van der Waals surface area contributed by atoms with Gasteiger partial charge in [0.2, 0.25) is 5.91 Å². The van der Waals surface area contributed by atoms with Gasteiger partial charge in [0.25, 0.3) is 0 Å². The minimum Gasteiger partial charge on any atom is -0.375 e. The lowest BCUT2D eigenvalue weighted by atomic mass is 10.2. The standard InChI is InChI=1S/C13H17NO2/c1-16-10-13(15)14(12-7-8-12)9-11-5-3-2-4-6-11/h2-6,12H,7-10H2,1H3. The molecule has 3 heteroatoms. The molecule has 0 aliphatic heterocycles. The summed E-state index contributed by atoms with van der Waals surface area (Å²) < 4.78 is 4.91. The fraction of sp³-hybridized carbons (Fsp3) is 0.462. The molecule has 0 atom stereocenters. The largest absolute Gasteiger partial charge is 0.375 e. The Morgan fingerprint density at radius 2 is 2.06 bits per heavy atom. The van der Waals surface area contributed by atoms with Crippen molar-refractivity contribution in [3.63, 3.8) is 0 Å². The van der Waals surface area contributed by atoms with Gasteiger partial charge < -0.3 is 9.64 Å². The van der Waals surface area contributed by atoms with Crippen LogP contribution in [0, 0.1) is 0 Å². The minimum atomic E-state index is 0.0915. The second-order valence-electron chi connectivity index (χ2n) is 4.17. The summed E-state index contributed by atoms with van der Waals surface area (Å²) in [6.45, 7) is 0.886. The summed E-state index contributed by atoms with van der Waals surface area (Å²) in [5.74, 6) is 0.0915. The Morgan fingerprint density at radius 3 is 2.62 bits per heavy atom. The molecule has 1 fully saturated rings. The average molecular weight is 219 g/mol. The van der Waals surface area contributed by atoms with Crippen LogP contribution in [0.2, 0.25) is 0 Å². The predicted octanol–water partition coefficient (Wildman–Crippen LogP) is 1.82. The van der Waals surface area contributed by atoms with Gasteiger partial charge in [-0.25, -0.2) is 0 Å². The molecule has 1 saturated carbocycles. The van der Waals surface area contributed by atoms with E-state index in [0.29, 0.717) is 12.6 Å². The molecule has 86 valence electrons. The number of ether oxygens (including phenoxy) is 1. The van der Waals surface area contributed by atoms with Crippen molar-refractivity contribution in [3.8, 4) is 0 Å². The third-order valence-corrected chi connectivity index (χ3v) is 2.77. The molecule has 0 N–H and O–H groups in total. The van der Waals surface area contributed by atoms with Gasteiger partial charge in [0.05, 0.1) is 0 Å². The molecule has 1 aliphatic rings. The van der Waals surface area contributed by atoms with E-state index in [-0.39, 0.29) is 12.5 Å². The maximum Gasteiger partial charge on any atom is 0.249 e. The van der Waals surface area contributed by atoms with E-state index in [1.54, 1.807) is 7.11 Å². The summed E-state index contributed by atoms with van der Waals surface area (Å²) in [7, 11) is 1.56. The summed E-state index contributed by atoms with van der Waals surface area (Å²) >= 11 is 0. The van der Waals surface area contributed by atoms with Gasteiger partial charge in [0, 0.05) is 19.7 Å². The van der Waals surface area contributed by atoms with Crippen molar-refractivity contribution < 1.29 is 9.53 Å². The van der Waals surface area contributed by atoms with Crippen molar-refractivity contribution in [2.75, 3.05) is 13.7 Å².